The van der Waals surface area contributed by atoms with Crippen LogP contribution in [-0.2, 0) is 21.5 Å². The lowest BCUT2D eigenvalue weighted by Crippen LogP contribution is -2.35. The molecule has 3 aromatic rings. The molecule has 4 rings (SSSR count). The van der Waals surface area contributed by atoms with Gasteiger partial charge >= 0.3 is 0 Å². The van der Waals surface area contributed by atoms with Crippen molar-refractivity contribution in [2.45, 2.75) is 59.4 Å². The van der Waals surface area contributed by atoms with Crippen LogP contribution in [0.1, 0.15) is 69.9 Å². The van der Waals surface area contributed by atoms with Crippen molar-refractivity contribution in [3.05, 3.63) is 71.6 Å². The second kappa shape index (κ2) is 13.3. The van der Waals surface area contributed by atoms with Crippen LogP contribution in [0.25, 0.3) is 22.5 Å². The van der Waals surface area contributed by atoms with Gasteiger partial charge in [0.1, 0.15) is 17.0 Å². The number of benzene rings is 1. The molecule has 0 unspecified atom stereocenters. The highest BCUT2D eigenvalue weighted by Crippen LogP contribution is 2.40. The molecule has 2 amide bonds. The minimum absolute atomic E-state index is 0.111. The number of imide groups is 1. The van der Waals surface area contributed by atoms with E-state index in [9.17, 15) is 9.59 Å². The summed E-state index contributed by atoms with van der Waals surface area (Å²) in [5.41, 5.74) is 7.18. The van der Waals surface area contributed by atoms with Crippen LogP contribution in [0.15, 0.2) is 53.6 Å². The predicted molar refractivity (Wildman–Crippen MR) is 160 cm³/mol. The number of pyridine rings is 1. The Morgan fingerprint density at radius 3 is 2.60 bits per heavy atom. The van der Waals surface area contributed by atoms with Gasteiger partial charge in [0.15, 0.2) is 5.58 Å². The van der Waals surface area contributed by atoms with Crippen molar-refractivity contribution in [1.82, 2.24) is 20.5 Å². The second-order valence-corrected chi connectivity index (χ2v) is 10.5. The molecule has 0 bridgehead atoms. The fourth-order valence-corrected chi connectivity index (χ4v) is 4.63. The molecule has 1 aliphatic heterocycles. The Morgan fingerprint density at radius 2 is 2.02 bits per heavy atom. The van der Waals surface area contributed by atoms with Crippen LogP contribution in [0.5, 0.6) is 5.75 Å². The number of nitrogens with one attached hydrogen (secondary N) is 2. The number of nitrogens with zero attached hydrogens (tertiary/aromatic N) is 2. The van der Waals surface area contributed by atoms with Crippen molar-refractivity contribution in [3.8, 4) is 5.75 Å². The first kappa shape index (κ1) is 30.5. The normalized spacial score (nSPS) is 14.8. The van der Waals surface area contributed by atoms with Crippen molar-refractivity contribution < 1.29 is 18.7 Å². The quantitative estimate of drug-likeness (QED) is 0.307. The van der Waals surface area contributed by atoms with E-state index in [1.54, 1.807) is 21.0 Å². The highest BCUT2D eigenvalue weighted by molar-refractivity contribution is 5.87. The van der Waals surface area contributed by atoms with E-state index in [4.69, 9.17) is 9.15 Å². The van der Waals surface area contributed by atoms with Crippen molar-refractivity contribution in [2.24, 2.45) is 5.92 Å². The monoisotopic (exact) mass is 546 g/mol. The van der Waals surface area contributed by atoms with Crippen LogP contribution in [0, 0.1) is 5.92 Å². The zero-order valence-corrected chi connectivity index (χ0v) is 24.8. The SMILES string of the molecule is C=C(NC)c1cnc2cc([C@](C)(CC)CN3Cc4ccc(OC)cc4/C3=C/CC)oc2c1.CC(C)C(=O)NC=O. The highest BCUT2D eigenvalue weighted by Gasteiger charge is 2.35. The lowest BCUT2D eigenvalue weighted by atomic mass is 9.84. The summed E-state index contributed by atoms with van der Waals surface area (Å²) in [6.07, 6.45) is 6.49. The largest absolute Gasteiger partial charge is 0.497 e. The molecule has 3 heterocycles. The molecule has 2 N–H and O–H groups in total. The Bertz CT molecular complexity index is 1390. The van der Waals surface area contributed by atoms with Gasteiger partial charge in [-0.05, 0) is 36.6 Å². The number of rotatable bonds is 10. The smallest absolute Gasteiger partial charge is 0.228 e. The molecule has 214 valence electrons. The molecule has 40 heavy (non-hydrogen) atoms. The van der Waals surface area contributed by atoms with Gasteiger partial charge in [-0.25, -0.2) is 0 Å². The number of carbonyl (C=O) groups is 2. The van der Waals surface area contributed by atoms with Gasteiger partial charge in [0, 0.05) is 66.3 Å². The van der Waals surface area contributed by atoms with Gasteiger partial charge in [-0.1, -0.05) is 53.3 Å². The van der Waals surface area contributed by atoms with E-state index in [0.717, 1.165) is 59.8 Å². The van der Waals surface area contributed by atoms with Crippen LogP contribution in [0.3, 0.4) is 0 Å². The third kappa shape index (κ3) is 6.73. The van der Waals surface area contributed by atoms with Gasteiger partial charge in [-0.2, -0.15) is 0 Å². The summed E-state index contributed by atoms with van der Waals surface area (Å²) in [6.45, 7) is 15.9. The number of methoxy groups -OCH3 is 1. The van der Waals surface area contributed by atoms with Crippen molar-refractivity contribution in [1.29, 1.82) is 0 Å². The van der Waals surface area contributed by atoms with Crippen molar-refractivity contribution in [2.75, 3.05) is 20.7 Å². The molecule has 1 aromatic carbocycles. The number of hydrogen-bond donors (Lipinski definition) is 2. The fourth-order valence-electron chi connectivity index (χ4n) is 4.63. The number of fused-ring (bicyclic) bond motifs is 2. The van der Waals surface area contributed by atoms with Gasteiger partial charge < -0.3 is 19.4 Å². The van der Waals surface area contributed by atoms with Crippen LogP contribution in [-0.4, -0.2) is 42.9 Å². The third-order valence-electron chi connectivity index (χ3n) is 7.35. The first-order valence-electron chi connectivity index (χ1n) is 13.7. The van der Waals surface area contributed by atoms with E-state index in [2.05, 4.69) is 66.8 Å². The Balaban J connectivity index is 0.000000482. The number of furan rings is 1. The summed E-state index contributed by atoms with van der Waals surface area (Å²) in [7, 11) is 3.58. The molecule has 0 radical (unpaired) electrons. The molecule has 0 fully saturated rings. The summed E-state index contributed by atoms with van der Waals surface area (Å²) >= 11 is 0. The maximum atomic E-state index is 10.4. The third-order valence-corrected chi connectivity index (χ3v) is 7.35. The van der Waals surface area contributed by atoms with E-state index in [1.807, 2.05) is 30.7 Å². The molecule has 1 atom stereocenters. The molecule has 2 aromatic heterocycles. The number of hydrogen-bond acceptors (Lipinski definition) is 7. The van der Waals surface area contributed by atoms with Gasteiger partial charge in [-0.15, -0.1) is 0 Å². The standard InChI is InChI=1S/C27H33N3O2.C5H9NO2/c1-7-9-24-22-13-21(31-6)11-10-19(22)16-30(24)17-27(4,8-2)26-14-23-25(32-26)12-20(15-29-23)18(3)28-5;1-4(2)5(8)6-3-7/h9-15,28H,3,7-8,16-17H2,1-2,4-6H3;3-4H,1-2H3,(H,6,7,8)/b24-9-;/t27-;/m1./s1. The maximum absolute atomic E-state index is 10.4. The summed E-state index contributed by atoms with van der Waals surface area (Å²) in [6, 6.07) is 10.5. The molecule has 8 nitrogen and oxygen atoms in total. The zero-order chi connectivity index (χ0) is 29.4. The molecule has 1 aliphatic rings. The molecule has 0 aliphatic carbocycles. The first-order valence-corrected chi connectivity index (χ1v) is 13.7. The Labute approximate surface area is 237 Å². The predicted octanol–water partition coefficient (Wildman–Crippen LogP) is 5.88. The molecule has 0 saturated heterocycles. The number of amides is 2. The first-order chi connectivity index (χ1) is 19.1. The minimum Gasteiger partial charge on any atom is -0.497 e. The molecule has 8 heteroatoms. The van der Waals surface area contributed by atoms with Gasteiger partial charge in [-0.3, -0.25) is 19.9 Å². The lowest BCUT2D eigenvalue weighted by molar-refractivity contribution is -0.127. The van der Waals surface area contributed by atoms with Gasteiger partial charge in [0.25, 0.3) is 0 Å². The van der Waals surface area contributed by atoms with E-state index in [-0.39, 0.29) is 17.2 Å². The molecule has 0 saturated carbocycles. The average molecular weight is 547 g/mol. The fraction of sp³-hybridized carbons (Fsp3) is 0.406. The van der Waals surface area contributed by atoms with Gasteiger partial charge in [0.2, 0.25) is 12.3 Å². The zero-order valence-electron chi connectivity index (χ0n) is 24.8. The van der Waals surface area contributed by atoms with E-state index in [0.29, 0.717) is 6.41 Å². The average Bonchev–Trinajstić information content (AvgIpc) is 3.54. The van der Waals surface area contributed by atoms with E-state index in [1.165, 1.54) is 16.8 Å². The second-order valence-electron chi connectivity index (χ2n) is 10.5. The highest BCUT2D eigenvalue weighted by atomic mass is 16.5. The topological polar surface area (TPSA) is 96.7 Å². The van der Waals surface area contributed by atoms with E-state index >= 15 is 0 Å². The van der Waals surface area contributed by atoms with Crippen LogP contribution >= 0.6 is 0 Å². The Kier molecular flexibility index (Phi) is 10.2. The van der Waals surface area contributed by atoms with Crippen LogP contribution < -0.4 is 15.4 Å². The van der Waals surface area contributed by atoms with Crippen molar-refractivity contribution in [3.63, 3.8) is 0 Å². The molecular formula is C32H42N4O4. The van der Waals surface area contributed by atoms with Crippen LogP contribution in [0.2, 0.25) is 0 Å². The number of aromatic nitrogens is 1. The summed E-state index contributed by atoms with van der Waals surface area (Å²) in [4.78, 5) is 27.1. The number of allylic oxidation sites excluding steroid dienone is 1. The summed E-state index contributed by atoms with van der Waals surface area (Å²) < 4.78 is 11.9. The molecule has 0 spiro atoms. The van der Waals surface area contributed by atoms with Gasteiger partial charge in [0.05, 0.1) is 7.11 Å². The van der Waals surface area contributed by atoms with Crippen LogP contribution in [0.4, 0.5) is 0 Å². The Hall–Kier alpha value is -4.07. The van der Waals surface area contributed by atoms with E-state index < -0.39 is 0 Å². The Morgan fingerprint density at radius 1 is 1.27 bits per heavy atom. The maximum Gasteiger partial charge on any atom is 0.228 e. The number of ether oxygens (including phenoxy) is 1. The summed E-state index contributed by atoms with van der Waals surface area (Å²) in [5.74, 6) is 1.52. The molecular weight excluding hydrogens is 504 g/mol. The van der Waals surface area contributed by atoms with Crippen molar-refractivity contribution >= 4 is 34.8 Å². The minimum atomic E-state index is -0.236. The number of carbonyl (C=O) groups excluding carboxylic acids is 2. The lowest BCUT2D eigenvalue weighted by Gasteiger charge is -2.33. The summed E-state index contributed by atoms with van der Waals surface area (Å²) in [5, 5.41) is 5.10.